The van der Waals surface area contributed by atoms with Gasteiger partial charge in [-0.05, 0) is 23.8 Å². The largest absolute Gasteiger partial charge is 0.508 e. The second kappa shape index (κ2) is 9.78. The predicted octanol–water partition coefficient (Wildman–Crippen LogP) is 2.52. The van der Waals surface area contributed by atoms with Gasteiger partial charge in [0.15, 0.2) is 0 Å². The quantitative estimate of drug-likeness (QED) is 0.271. The number of phenolic OH excluding ortho intramolecular Hbond substituents is 1. The van der Waals surface area contributed by atoms with Gasteiger partial charge in [-0.2, -0.15) is 0 Å². The summed E-state index contributed by atoms with van der Waals surface area (Å²) in [5.74, 6) is 0.681. The van der Waals surface area contributed by atoms with E-state index in [2.05, 4.69) is 19.9 Å². The van der Waals surface area contributed by atoms with Gasteiger partial charge in [-0.15, -0.1) is 11.3 Å². The summed E-state index contributed by atoms with van der Waals surface area (Å²) in [6, 6.07) is 9.10. The molecular weight excluding hydrogens is 470 g/mol. The molecule has 1 saturated heterocycles. The van der Waals surface area contributed by atoms with Crippen LogP contribution in [0.4, 0.5) is 11.9 Å². The van der Waals surface area contributed by atoms with Crippen LogP contribution < -0.4 is 15.3 Å². The fraction of sp³-hybridized carbons (Fsp3) is 0.261. The Hall–Kier alpha value is -3.87. The molecule has 0 bridgehead atoms. The minimum absolute atomic E-state index is 0.120. The fourth-order valence-corrected chi connectivity index (χ4v) is 4.86. The Kier molecular flexibility index (Phi) is 6.40. The topological polar surface area (TPSA) is 137 Å². The summed E-state index contributed by atoms with van der Waals surface area (Å²) in [6.45, 7) is 2.44. The number of carbonyl (C=O) groups is 1. The summed E-state index contributed by atoms with van der Waals surface area (Å²) >= 11 is 1.60. The Labute approximate surface area is 204 Å². The number of anilines is 2. The summed E-state index contributed by atoms with van der Waals surface area (Å²) in [5.41, 5.74) is 3.60. The number of hydrogen-bond acceptors (Lipinski definition) is 11. The highest BCUT2D eigenvalue weighted by atomic mass is 32.1. The number of carbonyl (C=O) groups excluding carboxylic acids is 1. The SMILES string of the molecule is CN(Cc1cc2nc(N3CCOC(c4ccc(O)cc4)C3)ncc2s1)c1ncc(C(=O)NO)cn1. The molecule has 12 heteroatoms. The molecule has 1 unspecified atom stereocenters. The van der Waals surface area contributed by atoms with Gasteiger partial charge in [-0.3, -0.25) is 10.0 Å². The third kappa shape index (κ3) is 4.99. The van der Waals surface area contributed by atoms with E-state index in [0.29, 0.717) is 38.1 Å². The third-order valence-electron chi connectivity index (χ3n) is 5.66. The number of morpholine rings is 1. The van der Waals surface area contributed by atoms with E-state index < -0.39 is 5.91 Å². The molecule has 1 aromatic carbocycles. The Balaban J connectivity index is 1.29. The van der Waals surface area contributed by atoms with Crippen LogP contribution in [0, 0.1) is 0 Å². The first-order valence-electron chi connectivity index (χ1n) is 10.9. The van der Waals surface area contributed by atoms with Gasteiger partial charge in [0.1, 0.15) is 11.9 Å². The molecule has 0 spiro atoms. The van der Waals surface area contributed by atoms with E-state index in [1.165, 1.54) is 12.4 Å². The fourth-order valence-electron chi connectivity index (χ4n) is 3.84. The van der Waals surface area contributed by atoms with E-state index in [1.807, 2.05) is 36.3 Å². The first-order valence-corrected chi connectivity index (χ1v) is 11.7. The van der Waals surface area contributed by atoms with Gasteiger partial charge in [0.25, 0.3) is 5.91 Å². The van der Waals surface area contributed by atoms with Gasteiger partial charge >= 0.3 is 0 Å². The van der Waals surface area contributed by atoms with Crippen LogP contribution in [0.15, 0.2) is 48.9 Å². The monoisotopic (exact) mass is 493 g/mol. The number of phenols is 1. The lowest BCUT2D eigenvalue weighted by molar-refractivity contribution is 0.0392. The highest BCUT2D eigenvalue weighted by Crippen LogP contribution is 2.29. The van der Waals surface area contributed by atoms with Crippen molar-refractivity contribution in [1.29, 1.82) is 0 Å². The van der Waals surface area contributed by atoms with Gasteiger partial charge in [0.2, 0.25) is 11.9 Å². The van der Waals surface area contributed by atoms with E-state index in [9.17, 15) is 9.90 Å². The van der Waals surface area contributed by atoms with Gasteiger partial charge in [-0.1, -0.05) is 12.1 Å². The molecule has 1 amide bonds. The number of amides is 1. The summed E-state index contributed by atoms with van der Waals surface area (Å²) in [5, 5.41) is 18.3. The highest BCUT2D eigenvalue weighted by molar-refractivity contribution is 7.19. The van der Waals surface area contributed by atoms with Crippen molar-refractivity contribution >= 4 is 39.4 Å². The van der Waals surface area contributed by atoms with Crippen molar-refractivity contribution in [3.05, 3.63) is 64.9 Å². The van der Waals surface area contributed by atoms with Crippen molar-refractivity contribution in [3.63, 3.8) is 0 Å². The minimum Gasteiger partial charge on any atom is -0.508 e. The van der Waals surface area contributed by atoms with Crippen molar-refractivity contribution in [2.45, 2.75) is 12.6 Å². The number of thiophene rings is 1. The van der Waals surface area contributed by atoms with Crippen LogP contribution in [0.25, 0.3) is 10.2 Å². The normalized spacial score (nSPS) is 15.8. The number of aromatic hydroxyl groups is 1. The van der Waals surface area contributed by atoms with Crippen molar-refractivity contribution < 1.29 is 19.8 Å². The standard InChI is InChI=1S/C23H23N7O4S/c1-29(22-24-9-15(10-25-22)21(32)28-33)12-17-8-18-20(35-17)11-26-23(27-18)30-6-7-34-19(13-30)14-2-4-16(31)5-3-14/h2-5,8-11,19,31,33H,6-7,12-13H2,1H3,(H,28,32). The smallest absolute Gasteiger partial charge is 0.277 e. The maximum atomic E-state index is 11.4. The van der Waals surface area contributed by atoms with E-state index in [-0.39, 0.29) is 17.4 Å². The summed E-state index contributed by atoms with van der Waals surface area (Å²) in [4.78, 5) is 34.3. The zero-order valence-electron chi connectivity index (χ0n) is 18.8. The maximum Gasteiger partial charge on any atom is 0.277 e. The van der Waals surface area contributed by atoms with E-state index in [0.717, 1.165) is 20.7 Å². The molecule has 3 N–H and O–H groups in total. The summed E-state index contributed by atoms with van der Waals surface area (Å²) < 4.78 is 6.91. The van der Waals surface area contributed by atoms with E-state index in [4.69, 9.17) is 14.9 Å². The molecule has 11 nitrogen and oxygen atoms in total. The van der Waals surface area contributed by atoms with Crippen LogP contribution in [0.3, 0.4) is 0 Å². The molecule has 0 saturated carbocycles. The number of nitrogens with zero attached hydrogens (tertiary/aromatic N) is 6. The van der Waals surface area contributed by atoms with Gasteiger partial charge in [0.05, 0.1) is 41.7 Å². The summed E-state index contributed by atoms with van der Waals surface area (Å²) in [7, 11) is 1.86. The molecule has 4 aromatic rings. The first-order chi connectivity index (χ1) is 17.0. The molecule has 1 aliphatic heterocycles. The van der Waals surface area contributed by atoms with Crippen molar-refractivity contribution in [3.8, 4) is 5.75 Å². The maximum absolute atomic E-state index is 11.4. The van der Waals surface area contributed by atoms with Gasteiger partial charge in [-0.25, -0.2) is 25.4 Å². The number of aromatic nitrogens is 4. The molecule has 1 atom stereocenters. The van der Waals surface area contributed by atoms with E-state index >= 15 is 0 Å². The molecule has 5 rings (SSSR count). The Bertz CT molecular complexity index is 1330. The molecular formula is C23H23N7O4S. The average molecular weight is 494 g/mol. The molecule has 35 heavy (non-hydrogen) atoms. The average Bonchev–Trinajstić information content (AvgIpc) is 3.30. The van der Waals surface area contributed by atoms with Crippen LogP contribution in [0.5, 0.6) is 5.75 Å². The zero-order chi connectivity index (χ0) is 24.4. The number of nitrogens with one attached hydrogen (secondary N) is 1. The van der Waals surface area contributed by atoms with Crippen molar-refractivity contribution in [2.24, 2.45) is 0 Å². The lowest BCUT2D eigenvalue weighted by Crippen LogP contribution is -2.39. The van der Waals surface area contributed by atoms with E-state index in [1.54, 1.807) is 28.9 Å². The molecule has 0 radical (unpaired) electrons. The van der Waals surface area contributed by atoms with Crippen LogP contribution in [0.2, 0.25) is 0 Å². The molecule has 0 aliphatic carbocycles. The van der Waals surface area contributed by atoms with Gasteiger partial charge < -0.3 is 19.6 Å². The number of ether oxygens (including phenoxy) is 1. The lowest BCUT2D eigenvalue weighted by Gasteiger charge is -2.33. The second-order valence-corrected chi connectivity index (χ2v) is 9.27. The number of benzene rings is 1. The minimum atomic E-state index is -0.659. The molecule has 1 aliphatic rings. The second-order valence-electron chi connectivity index (χ2n) is 8.10. The molecule has 4 heterocycles. The molecule has 1 fully saturated rings. The van der Waals surface area contributed by atoms with Crippen molar-refractivity contribution in [1.82, 2.24) is 25.4 Å². The van der Waals surface area contributed by atoms with Crippen molar-refractivity contribution in [2.75, 3.05) is 36.5 Å². The highest BCUT2D eigenvalue weighted by Gasteiger charge is 2.24. The Morgan fingerprint density at radius 1 is 1.23 bits per heavy atom. The Morgan fingerprint density at radius 2 is 2.00 bits per heavy atom. The van der Waals surface area contributed by atoms with Crippen LogP contribution in [-0.4, -0.2) is 62.9 Å². The number of rotatable bonds is 6. The predicted molar refractivity (Wildman–Crippen MR) is 130 cm³/mol. The summed E-state index contributed by atoms with van der Waals surface area (Å²) in [6.07, 6.45) is 4.45. The van der Waals surface area contributed by atoms with Crippen LogP contribution in [0.1, 0.15) is 26.9 Å². The molecule has 180 valence electrons. The number of hydroxylamine groups is 1. The van der Waals surface area contributed by atoms with Gasteiger partial charge in [0, 0.05) is 30.9 Å². The van der Waals surface area contributed by atoms with Crippen LogP contribution in [-0.2, 0) is 11.3 Å². The molecule has 3 aromatic heterocycles. The zero-order valence-corrected chi connectivity index (χ0v) is 19.6. The van der Waals surface area contributed by atoms with Crippen LogP contribution >= 0.6 is 11.3 Å². The Morgan fingerprint density at radius 3 is 2.74 bits per heavy atom. The third-order valence-corrected chi connectivity index (χ3v) is 6.70. The lowest BCUT2D eigenvalue weighted by atomic mass is 10.1. The first kappa shape index (κ1) is 22.9. The number of fused-ring (bicyclic) bond motifs is 1. The number of hydrogen-bond donors (Lipinski definition) is 3.